The maximum atomic E-state index is 5.83. The SMILES string of the molecule is c1ccc(COc2cccc(Nc3ccccc3)c2)cc1. The lowest BCUT2D eigenvalue weighted by atomic mass is 10.2. The first-order valence-electron chi connectivity index (χ1n) is 6.99. The van der Waals surface area contributed by atoms with Crippen molar-refractivity contribution >= 4 is 11.4 Å². The number of benzene rings is 3. The van der Waals surface area contributed by atoms with Gasteiger partial charge in [0.25, 0.3) is 0 Å². The maximum absolute atomic E-state index is 5.83. The largest absolute Gasteiger partial charge is 0.489 e. The Kier molecular flexibility index (Phi) is 4.18. The molecule has 2 heteroatoms. The van der Waals surface area contributed by atoms with Crippen molar-refractivity contribution in [2.24, 2.45) is 0 Å². The molecule has 0 aromatic heterocycles. The third-order valence-electron chi connectivity index (χ3n) is 3.14. The van der Waals surface area contributed by atoms with Gasteiger partial charge in [0.05, 0.1) is 0 Å². The molecule has 104 valence electrons. The minimum Gasteiger partial charge on any atom is -0.489 e. The minimum atomic E-state index is 0.579. The van der Waals surface area contributed by atoms with Crippen LogP contribution in [0.2, 0.25) is 0 Å². The van der Waals surface area contributed by atoms with Gasteiger partial charge in [-0.15, -0.1) is 0 Å². The predicted molar refractivity (Wildman–Crippen MR) is 86.9 cm³/mol. The molecule has 2 nitrogen and oxygen atoms in total. The highest BCUT2D eigenvalue weighted by atomic mass is 16.5. The molecule has 0 saturated carbocycles. The molecule has 3 aromatic rings. The molecule has 0 radical (unpaired) electrons. The van der Waals surface area contributed by atoms with Crippen LogP contribution in [0.5, 0.6) is 5.75 Å². The minimum absolute atomic E-state index is 0.579. The number of ether oxygens (including phenoxy) is 1. The van der Waals surface area contributed by atoms with Crippen LogP contribution in [0.25, 0.3) is 0 Å². The van der Waals surface area contributed by atoms with E-state index in [1.165, 1.54) is 5.56 Å². The third kappa shape index (κ3) is 3.86. The Balaban J connectivity index is 1.66. The van der Waals surface area contributed by atoms with Crippen molar-refractivity contribution in [3.8, 4) is 5.75 Å². The van der Waals surface area contributed by atoms with E-state index in [2.05, 4.69) is 17.4 Å². The molecule has 0 bridgehead atoms. The molecule has 0 unspecified atom stereocenters. The van der Waals surface area contributed by atoms with E-state index >= 15 is 0 Å². The highest BCUT2D eigenvalue weighted by Gasteiger charge is 1.98. The van der Waals surface area contributed by atoms with E-state index in [4.69, 9.17) is 4.74 Å². The molecule has 21 heavy (non-hydrogen) atoms. The summed E-state index contributed by atoms with van der Waals surface area (Å²) in [7, 11) is 0. The van der Waals surface area contributed by atoms with Crippen LogP contribution in [0.3, 0.4) is 0 Å². The zero-order valence-corrected chi connectivity index (χ0v) is 11.7. The number of anilines is 2. The van der Waals surface area contributed by atoms with Crippen molar-refractivity contribution in [3.63, 3.8) is 0 Å². The fourth-order valence-corrected chi connectivity index (χ4v) is 2.09. The van der Waals surface area contributed by atoms with Gasteiger partial charge in [-0.2, -0.15) is 0 Å². The van der Waals surface area contributed by atoms with Gasteiger partial charge in [-0.25, -0.2) is 0 Å². The van der Waals surface area contributed by atoms with Crippen LogP contribution in [0.4, 0.5) is 11.4 Å². The predicted octanol–water partition coefficient (Wildman–Crippen LogP) is 5.01. The molecule has 0 aliphatic rings. The van der Waals surface area contributed by atoms with Crippen molar-refractivity contribution in [2.75, 3.05) is 5.32 Å². The number of hydrogen-bond acceptors (Lipinski definition) is 2. The summed E-state index contributed by atoms with van der Waals surface area (Å²) in [4.78, 5) is 0. The molecule has 0 aliphatic carbocycles. The van der Waals surface area contributed by atoms with E-state index < -0.39 is 0 Å². The number of nitrogens with one attached hydrogen (secondary N) is 1. The van der Waals surface area contributed by atoms with Crippen molar-refractivity contribution in [2.45, 2.75) is 6.61 Å². The second kappa shape index (κ2) is 6.62. The van der Waals surface area contributed by atoms with E-state index in [9.17, 15) is 0 Å². The molecule has 0 spiro atoms. The van der Waals surface area contributed by atoms with Gasteiger partial charge in [-0.3, -0.25) is 0 Å². The van der Waals surface area contributed by atoms with Crippen molar-refractivity contribution in [1.29, 1.82) is 0 Å². The summed E-state index contributed by atoms with van der Waals surface area (Å²) in [5.74, 6) is 0.861. The Morgan fingerprint density at radius 3 is 2.10 bits per heavy atom. The molecule has 0 saturated heterocycles. The quantitative estimate of drug-likeness (QED) is 0.706. The average molecular weight is 275 g/mol. The van der Waals surface area contributed by atoms with Gasteiger partial charge in [-0.05, 0) is 29.8 Å². The Labute approximate surface area is 125 Å². The number of para-hydroxylation sites is 1. The molecular formula is C19H17NO. The summed E-state index contributed by atoms with van der Waals surface area (Å²) >= 11 is 0. The Hall–Kier alpha value is -2.74. The molecular weight excluding hydrogens is 258 g/mol. The van der Waals surface area contributed by atoms with E-state index in [1.54, 1.807) is 0 Å². The van der Waals surface area contributed by atoms with Crippen LogP contribution in [0, 0.1) is 0 Å². The molecule has 0 amide bonds. The topological polar surface area (TPSA) is 21.3 Å². The summed E-state index contributed by atoms with van der Waals surface area (Å²) in [6.07, 6.45) is 0. The molecule has 1 N–H and O–H groups in total. The zero-order chi connectivity index (χ0) is 14.3. The van der Waals surface area contributed by atoms with Gasteiger partial charge in [-0.1, -0.05) is 54.6 Å². The van der Waals surface area contributed by atoms with Gasteiger partial charge < -0.3 is 10.1 Å². The zero-order valence-electron chi connectivity index (χ0n) is 11.7. The van der Waals surface area contributed by atoms with Gasteiger partial charge >= 0.3 is 0 Å². The van der Waals surface area contributed by atoms with E-state index in [0.717, 1.165) is 17.1 Å². The Morgan fingerprint density at radius 1 is 0.667 bits per heavy atom. The second-order valence-corrected chi connectivity index (χ2v) is 4.79. The Bertz CT molecular complexity index is 680. The lowest BCUT2D eigenvalue weighted by Crippen LogP contribution is -1.96. The summed E-state index contributed by atoms with van der Waals surface area (Å²) in [5.41, 5.74) is 3.25. The second-order valence-electron chi connectivity index (χ2n) is 4.79. The monoisotopic (exact) mass is 275 g/mol. The van der Waals surface area contributed by atoms with Crippen molar-refractivity contribution in [3.05, 3.63) is 90.5 Å². The summed E-state index contributed by atoms with van der Waals surface area (Å²) < 4.78 is 5.83. The molecule has 3 aromatic carbocycles. The van der Waals surface area contributed by atoms with Gasteiger partial charge in [0.2, 0.25) is 0 Å². The van der Waals surface area contributed by atoms with Crippen LogP contribution in [0.1, 0.15) is 5.56 Å². The van der Waals surface area contributed by atoms with Crippen LogP contribution in [-0.4, -0.2) is 0 Å². The summed E-state index contributed by atoms with van der Waals surface area (Å²) in [6, 6.07) is 28.3. The molecule has 0 fully saturated rings. The molecule has 0 aliphatic heterocycles. The van der Waals surface area contributed by atoms with Crippen LogP contribution in [-0.2, 0) is 6.61 Å². The van der Waals surface area contributed by atoms with Crippen LogP contribution < -0.4 is 10.1 Å². The molecule has 0 heterocycles. The van der Waals surface area contributed by atoms with Crippen LogP contribution >= 0.6 is 0 Å². The normalized spacial score (nSPS) is 10.1. The third-order valence-corrected chi connectivity index (χ3v) is 3.14. The van der Waals surface area contributed by atoms with Crippen molar-refractivity contribution in [1.82, 2.24) is 0 Å². The van der Waals surface area contributed by atoms with E-state index in [-0.39, 0.29) is 0 Å². The molecule has 3 rings (SSSR count). The fraction of sp³-hybridized carbons (Fsp3) is 0.0526. The molecule has 0 atom stereocenters. The van der Waals surface area contributed by atoms with E-state index in [0.29, 0.717) is 6.61 Å². The average Bonchev–Trinajstić information content (AvgIpc) is 2.55. The number of rotatable bonds is 5. The first-order valence-corrected chi connectivity index (χ1v) is 6.99. The number of hydrogen-bond donors (Lipinski definition) is 1. The van der Waals surface area contributed by atoms with Gasteiger partial charge in [0, 0.05) is 17.4 Å². The van der Waals surface area contributed by atoms with Gasteiger partial charge in [0.1, 0.15) is 12.4 Å². The standard InChI is InChI=1S/C19H17NO/c1-3-8-16(9-4-1)15-21-19-13-7-12-18(14-19)20-17-10-5-2-6-11-17/h1-14,20H,15H2. The lowest BCUT2D eigenvalue weighted by Gasteiger charge is -2.10. The first-order chi connectivity index (χ1) is 10.4. The fourth-order valence-electron chi connectivity index (χ4n) is 2.09. The van der Waals surface area contributed by atoms with E-state index in [1.807, 2.05) is 72.8 Å². The summed E-state index contributed by atoms with van der Waals surface area (Å²) in [6.45, 7) is 0.579. The maximum Gasteiger partial charge on any atom is 0.121 e. The lowest BCUT2D eigenvalue weighted by molar-refractivity contribution is 0.306. The smallest absolute Gasteiger partial charge is 0.121 e. The highest BCUT2D eigenvalue weighted by molar-refractivity contribution is 5.60. The highest BCUT2D eigenvalue weighted by Crippen LogP contribution is 2.22. The summed E-state index contributed by atoms with van der Waals surface area (Å²) in [5, 5.41) is 3.36. The van der Waals surface area contributed by atoms with Crippen LogP contribution in [0.15, 0.2) is 84.9 Å². The van der Waals surface area contributed by atoms with Crippen molar-refractivity contribution < 1.29 is 4.74 Å². The van der Waals surface area contributed by atoms with Gasteiger partial charge in [0.15, 0.2) is 0 Å². The first kappa shape index (κ1) is 13.3. The Morgan fingerprint density at radius 2 is 1.33 bits per heavy atom.